The number of hydrogen-bond acceptors (Lipinski definition) is 0. The van der Waals surface area contributed by atoms with E-state index in [1.165, 1.54) is 119 Å². The predicted octanol–water partition coefficient (Wildman–Crippen LogP) is 9.81. The fourth-order valence-electron chi connectivity index (χ4n) is 4.25. The van der Waals surface area contributed by atoms with Gasteiger partial charge in [0.15, 0.2) is 0 Å². The van der Waals surface area contributed by atoms with Gasteiger partial charge in [-0.1, -0.05) is 126 Å². The zero-order chi connectivity index (χ0) is 20.4. The summed E-state index contributed by atoms with van der Waals surface area (Å²) in [6.45, 7) is 2.29. The Kier molecular flexibility index (Phi) is 13.3. The predicted molar refractivity (Wildman–Crippen MR) is 132 cm³/mol. The highest BCUT2D eigenvalue weighted by atomic mass is 14.0. The second kappa shape index (κ2) is 16.3. The van der Waals surface area contributed by atoms with Gasteiger partial charge >= 0.3 is 0 Å². The fraction of sp³-hybridized carbons (Fsp3) is 0.586. The molecule has 0 fully saturated rings. The summed E-state index contributed by atoms with van der Waals surface area (Å²) >= 11 is 0. The van der Waals surface area contributed by atoms with E-state index >= 15 is 0 Å². The number of allylic oxidation sites excluding steroid dienone is 2. The van der Waals surface area contributed by atoms with Crippen LogP contribution in [0.25, 0.3) is 10.8 Å². The van der Waals surface area contributed by atoms with E-state index < -0.39 is 0 Å². The van der Waals surface area contributed by atoms with Crippen LogP contribution < -0.4 is 0 Å². The van der Waals surface area contributed by atoms with Gasteiger partial charge in [-0.3, -0.25) is 0 Å². The Balaban J connectivity index is 1.40. The molecule has 0 heteroatoms. The van der Waals surface area contributed by atoms with E-state index in [0.717, 1.165) is 0 Å². The maximum Gasteiger partial charge on any atom is -0.0152 e. The zero-order valence-electron chi connectivity index (χ0n) is 19.0. The molecule has 0 aliphatic heterocycles. The number of unbranched alkanes of at least 4 members (excludes halogenated alkanes) is 13. The van der Waals surface area contributed by atoms with Crippen LogP contribution in [0.5, 0.6) is 0 Å². The average molecular weight is 393 g/mol. The lowest BCUT2D eigenvalue weighted by molar-refractivity contribution is 0.550. The van der Waals surface area contributed by atoms with Crippen LogP contribution in [0.1, 0.15) is 109 Å². The molecule has 0 saturated heterocycles. The van der Waals surface area contributed by atoms with Crippen LogP contribution in [0.4, 0.5) is 0 Å². The minimum atomic E-state index is 1.20. The lowest BCUT2D eigenvalue weighted by Gasteiger charge is -2.05. The van der Waals surface area contributed by atoms with Gasteiger partial charge in [0.05, 0.1) is 0 Å². The van der Waals surface area contributed by atoms with Gasteiger partial charge in [0.25, 0.3) is 0 Å². The van der Waals surface area contributed by atoms with E-state index in [-0.39, 0.29) is 0 Å². The van der Waals surface area contributed by atoms with Crippen LogP contribution in [0.15, 0.2) is 54.6 Å². The van der Waals surface area contributed by atoms with Gasteiger partial charge in [-0.2, -0.15) is 0 Å². The summed E-state index contributed by atoms with van der Waals surface area (Å²) < 4.78 is 0. The van der Waals surface area contributed by atoms with Gasteiger partial charge < -0.3 is 0 Å². The van der Waals surface area contributed by atoms with Crippen molar-refractivity contribution in [3.63, 3.8) is 0 Å². The van der Waals surface area contributed by atoms with Gasteiger partial charge in [-0.05, 0) is 54.9 Å². The molecule has 0 N–H and O–H groups in total. The van der Waals surface area contributed by atoms with Crippen molar-refractivity contribution in [3.8, 4) is 0 Å². The summed E-state index contributed by atoms with van der Waals surface area (Å²) in [7, 11) is 0. The summed E-state index contributed by atoms with van der Waals surface area (Å²) in [5.41, 5.74) is 1.51. The summed E-state index contributed by atoms with van der Waals surface area (Å²) in [4.78, 5) is 0. The molecule has 0 spiro atoms. The second-order valence-corrected chi connectivity index (χ2v) is 8.68. The number of rotatable bonds is 17. The SMILES string of the molecule is CCCCCCCCCCCCC/C=C/CCCCc1cccc2ccccc12. The molecule has 0 radical (unpaired) electrons. The molecule has 0 aliphatic rings. The molecular weight excluding hydrogens is 348 g/mol. The summed E-state index contributed by atoms with van der Waals surface area (Å²) in [6, 6.07) is 15.5. The Morgan fingerprint density at radius 1 is 0.552 bits per heavy atom. The number of benzene rings is 2. The van der Waals surface area contributed by atoms with E-state index in [9.17, 15) is 0 Å². The normalized spacial score (nSPS) is 11.6. The first-order chi connectivity index (χ1) is 14.4. The molecule has 0 aliphatic carbocycles. The molecule has 29 heavy (non-hydrogen) atoms. The van der Waals surface area contributed by atoms with E-state index in [4.69, 9.17) is 0 Å². The lowest BCUT2D eigenvalue weighted by atomic mass is 10.00. The molecule has 0 unspecified atom stereocenters. The maximum atomic E-state index is 2.42. The molecular formula is C29H44. The minimum absolute atomic E-state index is 1.20. The van der Waals surface area contributed by atoms with E-state index in [2.05, 4.69) is 61.5 Å². The third-order valence-electron chi connectivity index (χ3n) is 6.09. The molecule has 160 valence electrons. The van der Waals surface area contributed by atoms with Crippen molar-refractivity contribution >= 4 is 10.8 Å². The van der Waals surface area contributed by atoms with Crippen molar-refractivity contribution < 1.29 is 0 Å². The Bertz CT molecular complexity index is 661. The highest BCUT2D eigenvalue weighted by Crippen LogP contribution is 2.20. The van der Waals surface area contributed by atoms with E-state index in [0.29, 0.717) is 0 Å². The summed E-state index contributed by atoms with van der Waals surface area (Å²) in [5.74, 6) is 0. The first-order valence-corrected chi connectivity index (χ1v) is 12.5. The molecule has 0 aromatic heterocycles. The lowest BCUT2D eigenvalue weighted by Crippen LogP contribution is -1.87. The molecule has 0 amide bonds. The largest absolute Gasteiger partial charge is 0.0885 e. The topological polar surface area (TPSA) is 0 Å². The van der Waals surface area contributed by atoms with Crippen molar-refractivity contribution in [2.45, 2.75) is 110 Å². The molecule has 0 bridgehead atoms. The Morgan fingerprint density at radius 2 is 1.10 bits per heavy atom. The zero-order valence-corrected chi connectivity index (χ0v) is 19.0. The molecule has 2 rings (SSSR count). The number of fused-ring (bicyclic) bond motifs is 1. The quantitative estimate of drug-likeness (QED) is 0.185. The van der Waals surface area contributed by atoms with Crippen molar-refractivity contribution in [2.24, 2.45) is 0 Å². The van der Waals surface area contributed by atoms with E-state index in [1.807, 2.05) is 0 Å². The standard InChI is InChI=1S/C29H44/c1-2-3-4-5-6-7-8-9-10-11-12-13-14-15-16-17-18-22-27-24-21-25-28-23-19-20-26-29(27)28/h14-15,19-21,23-26H,2-13,16-18,22H2,1H3/b15-14+. The molecule has 0 nitrogen and oxygen atoms in total. The van der Waals surface area contributed by atoms with Crippen molar-refractivity contribution in [1.29, 1.82) is 0 Å². The van der Waals surface area contributed by atoms with Crippen LogP contribution >= 0.6 is 0 Å². The van der Waals surface area contributed by atoms with E-state index in [1.54, 1.807) is 0 Å². The average Bonchev–Trinajstić information content (AvgIpc) is 2.76. The molecule has 2 aromatic carbocycles. The highest BCUT2D eigenvalue weighted by Gasteiger charge is 1.99. The Morgan fingerprint density at radius 3 is 1.79 bits per heavy atom. The highest BCUT2D eigenvalue weighted by molar-refractivity contribution is 5.85. The first-order valence-electron chi connectivity index (χ1n) is 12.5. The summed E-state index contributed by atoms with van der Waals surface area (Å²) in [5, 5.41) is 2.80. The van der Waals surface area contributed by atoms with Crippen molar-refractivity contribution in [3.05, 3.63) is 60.2 Å². The molecule has 2 aromatic rings. The van der Waals surface area contributed by atoms with Crippen LogP contribution in [0.2, 0.25) is 0 Å². The third-order valence-corrected chi connectivity index (χ3v) is 6.09. The number of hydrogen-bond donors (Lipinski definition) is 0. The van der Waals surface area contributed by atoms with Crippen molar-refractivity contribution in [2.75, 3.05) is 0 Å². The Labute approximate surface area is 180 Å². The van der Waals surface area contributed by atoms with Gasteiger partial charge in [0.1, 0.15) is 0 Å². The first kappa shape index (κ1) is 23.7. The third kappa shape index (κ3) is 10.7. The fourth-order valence-corrected chi connectivity index (χ4v) is 4.25. The molecule has 0 atom stereocenters. The maximum absolute atomic E-state index is 2.42. The second-order valence-electron chi connectivity index (χ2n) is 8.68. The summed E-state index contributed by atoms with van der Waals surface area (Å²) in [6.07, 6.45) is 26.9. The monoisotopic (exact) mass is 392 g/mol. The van der Waals surface area contributed by atoms with Gasteiger partial charge in [-0.15, -0.1) is 0 Å². The van der Waals surface area contributed by atoms with Crippen LogP contribution in [-0.4, -0.2) is 0 Å². The Hall–Kier alpha value is -1.56. The minimum Gasteiger partial charge on any atom is -0.0885 e. The van der Waals surface area contributed by atoms with Gasteiger partial charge in [0.2, 0.25) is 0 Å². The van der Waals surface area contributed by atoms with Crippen molar-refractivity contribution in [1.82, 2.24) is 0 Å². The van der Waals surface area contributed by atoms with Crippen LogP contribution in [0.3, 0.4) is 0 Å². The van der Waals surface area contributed by atoms with Gasteiger partial charge in [0, 0.05) is 0 Å². The molecule has 0 heterocycles. The number of aryl methyl sites for hydroxylation is 1. The van der Waals surface area contributed by atoms with Crippen LogP contribution in [-0.2, 0) is 6.42 Å². The molecule has 0 saturated carbocycles. The van der Waals surface area contributed by atoms with Crippen LogP contribution in [0, 0.1) is 0 Å². The van der Waals surface area contributed by atoms with Gasteiger partial charge in [-0.25, -0.2) is 0 Å². The smallest absolute Gasteiger partial charge is 0.0152 e.